The molecule has 1 aromatic carbocycles. The van der Waals surface area contributed by atoms with Gasteiger partial charge in [-0.05, 0) is 33.6 Å². The van der Waals surface area contributed by atoms with E-state index in [0.717, 1.165) is 11.3 Å². The van der Waals surface area contributed by atoms with Crippen molar-refractivity contribution in [1.29, 1.82) is 0 Å². The van der Waals surface area contributed by atoms with E-state index in [2.05, 4.69) is 37.2 Å². The quantitative estimate of drug-likeness (QED) is 0.668. The van der Waals surface area contributed by atoms with Crippen molar-refractivity contribution in [1.82, 2.24) is 0 Å². The Hall–Kier alpha value is -0.680. The van der Waals surface area contributed by atoms with Crippen LogP contribution in [0, 0.1) is 0 Å². The third-order valence-corrected chi connectivity index (χ3v) is 3.41. The largest absolute Gasteiger partial charge is 0.325 e. The minimum atomic E-state index is -0.0275. The minimum Gasteiger partial charge on any atom is -0.325 e. The van der Waals surface area contributed by atoms with Crippen LogP contribution in [0.1, 0.15) is 15.9 Å². The molecule has 2 rings (SSSR count). The van der Waals surface area contributed by atoms with Crippen molar-refractivity contribution in [3.05, 3.63) is 27.7 Å². The summed E-state index contributed by atoms with van der Waals surface area (Å²) in [6, 6.07) is 3.54. The molecular weight excluding hydrogens is 326 g/mol. The molecule has 5 heteroatoms. The average Bonchev–Trinajstić information content (AvgIpc) is 2.55. The van der Waals surface area contributed by atoms with Crippen molar-refractivity contribution in [2.75, 3.05) is 10.6 Å². The van der Waals surface area contributed by atoms with Crippen LogP contribution in [0.25, 0.3) is 0 Å². The van der Waals surface area contributed by atoms with Crippen LogP contribution in [-0.4, -0.2) is 17.0 Å². The van der Waals surface area contributed by atoms with Gasteiger partial charge < -0.3 is 5.32 Å². The number of Topliss-reactive ketones (excluding diaryl/α,β-unsaturated/α-hetero) is 1. The summed E-state index contributed by atoms with van der Waals surface area (Å²) in [6.07, 6.45) is 0.352. The molecule has 1 aromatic rings. The van der Waals surface area contributed by atoms with E-state index in [1.165, 1.54) is 0 Å². The lowest BCUT2D eigenvalue weighted by atomic mass is 10.1. The molecule has 1 aliphatic rings. The van der Waals surface area contributed by atoms with Crippen LogP contribution in [0.2, 0.25) is 0 Å². The summed E-state index contributed by atoms with van der Waals surface area (Å²) in [7, 11) is 0. The van der Waals surface area contributed by atoms with Gasteiger partial charge in [0.25, 0.3) is 0 Å². The molecule has 1 aliphatic heterocycles. The molecule has 15 heavy (non-hydrogen) atoms. The molecule has 1 heterocycles. The number of benzene rings is 1. The summed E-state index contributed by atoms with van der Waals surface area (Å²) in [5.41, 5.74) is 2.28. The molecule has 0 unspecified atom stereocenters. The molecule has 0 aliphatic carbocycles. The van der Waals surface area contributed by atoms with E-state index >= 15 is 0 Å². The Kier molecular flexibility index (Phi) is 2.93. The second-order valence-corrected chi connectivity index (χ2v) is 4.69. The third-order valence-electron chi connectivity index (χ3n) is 2.24. The van der Waals surface area contributed by atoms with E-state index in [-0.39, 0.29) is 17.0 Å². The van der Waals surface area contributed by atoms with Crippen LogP contribution in [-0.2, 0) is 11.2 Å². The molecule has 0 saturated heterocycles. The number of hydrogen-bond acceptors (Lipinski definition) is 2. The van der Waals surface area contributed by atoms with Crippen LogP contribution in [0.4, 0.5) is 5.69 Å². The maximum Gasteiger partial charge on any atom is 0.228 e. The van der Waals surface area contributed by atoms with Crippen molar-refractivity contribution in [2.24, 2.45) is 0 Å². The second kappa shape index (κ2) is 4.06. The maximum absolute atomic E-state index is 11.5. The van der Waals surface area contributed by atoms with Crippen molar-refractivity contribution < 1.29 is 9.59 Å². The molecule has 0 saturated carbocycles. The summed E-state index contributed by atoms with van der Waals surface area (Å²) in [5, 5.41) is 3.01. The zero-order valence-corrected chi connectivity index (χ0v) is 10.8. The van der Waals surface area contributed by atoms with Gasteiger partial charge >= 0.3 is 0 Å². The van der Waals surface area contributed by atoms with Crippen molar-refractivity contribution in [3.63, 3.8) is 0 Å². The smallest absolute Gasteiger partial charge is 0.228 e. The lowest BCUT2D eigenvalue weighted by molar-refractivity contribution is -0.115. The van der Waals surface area contributed by atoms with Crippen molar-refractivity contribution in [3.8, 4) is 0 Å². The fourth-order valence-corrected chi connectivity index (χ4v) is 2.40. The van der Waals surface area contributed by atoms with E-state index in [9.17, 15) is 9.59 Å². The Labute approximate surface area is 103 Å². The fourth-order valence-electron chi connectivity index (χ4n) is 1.53. The van der Waals surface area contributed by atoms with Gasteiger partial charge in [-0.25, -0.2) is 0 Å². The topological polar surface area (TPSA) is 46.2 Å². The molecule has 0 bridgehead atoms. The van der Waals surface area contributed by atoms with E-state index in [0.29, 0.717) is 16.5 Å². The molecular formula is C10H7Br2NO2. The van der Waals surface area contributed by atoms with Gasteiger partial charge in [0.15, 0.2) is 5.78 Å². The van der Waals surface area contributed by atoms with Gasteiger partial charge in [0.05, 0.1) is 11.8 Å². The standard InChI is InChI=1S/C10H7Br2NO2/c11-4-9(14)6-1-5-2-10(15)13-8(5)3-7(6)12/h1,3H,2,4H2,(H,13,15). The summed E-state index contributed by atoms with van der Waals surface area (Å²) in [4.78, 5) is 22.7. The highest BCUT2D eigenvalue weighted by Gasteiger charge is 2.21. The number of carbonyl (C=O) groups excluding carboxylic acids is 2. The Morgan fingerprint density at radius 3 is 2.87 bits per heavy atom. The highest BCUT2D eigenvalue weighted by molar-refractivity contribution is 9.10. The minimum absolute atomic E-state index is 0.00373. The molecule has 78 valence electrons. The molecule has 0 radical (unpaired) electrons. The highest BCUT2D eigenvalue weighted by Crippen LogP contribution is 2.30. The van der Waals surface area contributed by atoms with Gasteiger partial charge in [-0.1, -0.05) is 15.9 Å². The van der Waals surface area contributed by atoms with E-state index in [1.54, 1.807) is 12.1 Å². The first-order valence-corrected chi connectivity index (χ1v) is 6.24. The molecule has 1 amide bonds. The zero-order valence-electron chi connectivity index (χ0n) is 7.64. The number of fused-ring (bicyclic) bond motifs is 1. The van der Waals surface area contributed by atoms with Crippen LogP contribution < -0.4 is 5.32 Å². The van der Waals surface area contributed by atoms with E-state index in [4.69, 9.17) is 0 Å². The molecule has 0 atom stereocenters. The van der Waals surface area contributed by atoms with Gasteiger partial charge in [0, 0.05) is 15.7 Å². The van der Waals surface area contributed by atoms with Crippen LogP contribution in [0.3, 0.4) is 0 Å². The highest BCUT2D eigenvalue weighted by atomic mass is 79.9. The lowest BCUT2D eigenvalue weighted by Crippen LogP contribution is -2.03. The van der Waals surface area contributed by atoms with Crippen molar-refractivity contribution in [2.45, 2.75) is 6.42 Å². The van der Waals surface area contributed by atoms with E-state index < -0.39 is 0 Å². The number of carbonyl (C=O) groups is 2. The fraction of sp³-hybridized carbons (Fsp3) is 0.200. The number of alkyl halides is 1. The van der Waals surface area contributed by atoms with Crippen LogP contribution in [0.5, 0.6) is 0 Å². The lowest BCUT2D eigenvalue weighted by Gasteiger charge is -2.05. The number of nitrogens with one attached hydrogen (secondary N) is 1. The van der Waals surface area contributed by atoms with Gasteiger partial charge in [0.1, 0.15) is 0 Å². The first kappa shape index (κ1) is 10.8. The zero-order chi connectivity index (χ0) is 11.0. The Bertz CT molecular complexity index is 457. The Morgan fingerprint density at radius 1 is 1.47 bits per heavy atom. The predicted molar refractivity (Wildman–Crippen MR) is 64.6 cm³/mol. The first-order chi connectivity index (χ1) is 7.11. The number of anilines is 1. The Balaban J connectivity index is 2.48. The number of halogens is 2. The monoisotopic (exact) mass is 331 g/mol. The molecule has 0 spiro atoms. The molecule has 0 aromatic heterocycles. The number of rotatable bonds is 2. The summed E-state index contributed by atoms with van der Waals surface area (Å²) >= 11 is 6.44. The molecule has 3 nitrogen and oxygen atoms in total. The van der Waals surface area contributed by atoms with Gasteiger partial charge in [-0.15, -0.1) is 0 Å². The molecule has 0 fully saturated rings. The van der Waals surface area contributed by atoms with Gasteiger partial charge in [-0.2, -0.15) is 0 Å². The van der Waals surface area contributed by atoms with Crippen LogP contribution in [0.15, 0.2) is 16.6 Å². The number of ketones is 1. The summed E-state index contributed by atoms with van der Waals surface area (Å²) in [6.45, 7) is 0. The van der Waals surface area contributed by atoms with Crippen molar-refractivity contribution >= 4 is 49.2 Å². The SMILES string of the molecule is O=C1Cc2cc(C(=O)CBr)c(Br)cc2N1. The summed E-state index contributed by atoms with van der Waals surface area (Å²) in [5.74, 6) is -0.0237. The van der Waals surface area contributed by atoms with Gasteiger partial charge in [0.2, 0.25) is 5.91 Å². The molecule has 1 N–H and O–H groups in total. The average molecular weight is 333 g/mol. The Morgan fingerprint density at radius 2 is 2.20 bits per heavy atom. The summed E-state index contributed by atoms with van der Waals surface area (Å²) < 4.78 is 0.716. The first-order valence-electron chi connectivity index (χ1n) is 4.33. The third kappa shape index (κ3) is 1.99. The van der Waals surface area contributed by atoms with Crippen LogP contribution >= 0.6 is 31.9 Å². The number of hydrogen-bond donors (Lipinski definition) is 1. The normalized spacial score (nSPS) is 13.6. The maximum atomic E-state index is 11.5. The van der Waals surface area contributed by atoms with E-state index in [1.807, 2.05) is 0 Å². The predicted octanol–water partition coefficient (Wildman–Crippen LogP) is 2.52. The number of amides is 1. The second-order valence-electron chi connectivity index (χ2n) is 3.27. The van der Waals surface area contributed by atoms with Gasteiger partial charge in [-0.3, -0.25) is 9.59 Å².